The highest BCUT2D eigenvalue weighted by Gasteiger charge is 2.32. The van der Waals surface area contributed by atoms with Crippen molar-refractivity contribution in [2.24, 2.45) is 0 Å². The summed E-state index contributed by atoms with van der Waals surface area (Å²) in [4.78, 5) is 30.8. The maximum Gasteiger partial charge on any atom is 0.251 e. The predicted octanol–water partition coefficient (Wildman–Crippen LogP) is 3.83. The fraction of sp³-hybridized carbons (Fsp3) is 0.208. The molecule has 2 amide bonds. The van der Waals surface area contributed by atoms with Gasteiger partial charge in [0, 0.05) is 31.0 Å². The van der Waals surface area contributed by atoms with Crippen molar-refractivity contribution in [3.8, 4) is 0 Å². The molecule has 1 fully saturated rings. The fourth-order valence-electron chi connectivity index (χ4n) is 3.45. The van der Waals surface area contributed by atoms with E-state index in [1.165, 1.54) is 5.56 Å². The number of carbonyl (C=O) groups is 2. The van der Waals surface area contributed by atoms with Crippen LogP contribution in [0.2, 0.25) is 0 Å². The molecule has 0 spiro atoms. The van der Waals surface area contributed by atoms with Crippen molar-refractivity contribution in [2.75, 3.05) is 12.3 Å². The summed E-state index contributed by atoms with van der Waals surface area (Å²) in [5, 5.41) is 2.92. The first kappa shape index (κ1) is 20.2. The van der Waals surface area contributed by atoms with Gasteiger partial charge in [-0.25, -0.2) is 0 Å². The average Bonchev–Trinajstić information content (AvgIpc) is 3.18. The molecule has 0 bridgehead atoms. The molecular formula is C24H23N3O2S. The van der Waals surface area contributed by atoms with Crippen LogP contribution in [0.1, 0.15) is 32.4 Å². The third-order valence-corrected chi connectivity index (χ3v) is 6.37. The molecule has 0 aliphatic carbocycles. The van der Waals surface area contributed by atoms with Crippen LogP contribution < -0.4 is 5.32 Å². The Morgan fingerprint density at radius 1 is 1.00 bits per heavy atom. The number of amides is 2. The van der Waals surface area contributed by atoms with Gasteiger partial charge in [0.05, 0.1) is 5.75 Å². The number of thioether (sulfide) groups is 1. The predicted molar refractivity (Wildman–Crippen MR) is 119 cm³/mol. The van der Waals surface area contributed by atoms with Gasteiger partial charge in [0.15, 0.2) is 0 Å². The molecule has 2 aromatic carbocycles. The lowest BCUT2D eigenvalue weighted by molar-refractivity contribution is -0.128. The molecular weight excluding hydrogens is 394 g/mol. The molecule has 1 atom stereocenters. The lowest BCUT2D eigenvalue weighted by Gasteiger charge is -2.24. The van der Waals surface area contributed by atoms with Crippen LogP contribution >= 0.6 is 11.8 Å². The topological polar surface area (TPSA) is 62.3 Å². The maximum absolute atomic E-state index is 12.4. The van der Waals surface area contributed by atoms with Gasteiger partial charge in [-0.05, 0) is 47.4 Å². The largest absolute Gasteiger partial charge is 0.348 e. The lowest BCUT2D eigenvalue weighted by Crippen LogP contribution is -2.30. The summed E-state index contributed by atoms with van der Waals surface area (Å²) in [5.74, 6) is 0.544. The monoisotopic (exact) mass is 417 g/mol. The Morgan fingerprint density at radius 3 is 2.47 bits per heavy atom. The summed E-state index contributed by atoms with van der Waals surface area (Å²) >= 11 is 1.64. The molecule has 152 valence electrons. The quantitative estimate of drug-likeness (QED) is 0.635. The maximum atomic E-state index is 12.4. The Labute approximate surface area is 180 Å². The van der Waals surface area contributed by atoms with E-state index in [-0.39, 0.29) is 17.2 Å². The Bertz CT molecular complexity index is 994. The van der Waals surface area contributed by atoms with Crippen molar-refractivity contribution >= 4 is 23.6 Å². The molecule has 1 aliphatic rings. The minimum atomic E-state index is -0.116. The zero-order valence-corrected chi connectivity index (χ0v) is 17.3. The number of nitrogens with zero attached hydrogens (tertiary/aromatic N) is 2. The van der Waals surface area contributed by atoms with Crippen molar-refractivity contribution in [3.63, 3.8) is 0 Å². The molecule has 6 heteroatoms. The highest BCUT2D eigenvalue weighted by molar-refractivity contribution is 8.00. The number of nitrogens with one attached hydrogen (secondary N) is 1. The van der Waals surface area contributed by atoms with E-state index in [1.807, 2.05) is 59.5 Å². The second kappa shape index (κ2) is 9.59. The number of hydrogen-bond donors (Lipinski definition) is 1. The molecule has 1 N–H and O–H groups in total. The molecule has 4 rings (SSSR count). The summed E-state index contributed by atoms with van der Waals surface area (Å²) in [5.41, 5.74) is 3.88. The summed E-state index contributed by atoms with van der Waals surface area (Å²) in [6, 6.07) is 21.5. The lowest BCUT2D eigenvalue weighted by atomic mass is 10.1. The van der Waals surface area contributed by atoms with Gasteiger partial charge in [0.1, 0.15) is 5.37 Å². The summed E-state index contributed by atoms with van der Waals surface area (Å²) in [7, 11) is 0. The average molecular weight is 418 g/mol. The van der Waals surface area contributed by atoms with Gasteiger partial charge < -0.3 is 10.2 Å². The summed E-state index contributed by atoms with van der Waals surface area (Å²) in [6.45, 7) is 1.15. The molecule has 1 aliphatic heterocycles. The first-order valence-corrected chi connectivity index (χ1v) is 11.0. The van der Waals surface area contributed by atoms with Crippen LogP contribution in [-0.4, -0.2) is 34.0 Å². The van der Waals surface area contributed by atoms with Crippen molar-refractivity contribution in [2.45, 2.75) is 18.3 Å². The number of benzene rings is 2. The molecule has 2 heterocycles. The van der Waals surface area contributed by atoms with E-state index in [0.717, 1.165) is 17.5 Å². The van der Waals surface area contributed by atoms with Crippen LogP contribution in [0, 0.1) is 0 Å². The van der Waals surface area contributed by atoms with Crippen LogP contribution in [0.25, 0.3) is 0 Å². The zero-order valence-electron chi connectivity index (χ0n) is 16.5. The standard InChI is InChI=1S/C24H23N3O2S/c28-22-17-30-24(27(22)15-12-18-4-2-1-3-5-18)21-8-6-20(7-9-21)23(29)26-16-19-10-13-25-14-11-19/h1-11,13-14,24H,12,15-17H2,(H,26,29). The van der Waals surface area contributed by atoms with Crippen LogP contribution in [0.5, 0.6) is 0 Å². The highest BCUT2D eigenvalue weighted by Crippen LogP contribution is 2.38. The number of pyridine rings is 1. The normalized spacial score (nSPS) is 15.9. The third kappa shape index (κ3) is 4.89. The van der Waals surface area contributed by atoms with E-state index in [2.05, 4.69) is 22.4 Å². The van der Waals surface area contributed by atoms with Crippen LogP contribution in [0.15, 0.2) is 79.1 Å². The number of hydrogen-bond acceptors (Lipinski definition) is 4. The number of aromatic nitrogens is 1. The van der Waals surface area contributed by atoms with Gasteiger partial charge in [-0.15, -0.1) is 11.8 Å². The van der Waals surface area contributed by atoms with Crippen molar-refractivity contribution in [3.05, 3.63) is 101 Å². The second-order valence-corrected chi connectivity index (χ2v) is 8.21. The smallest absolute Gasteiger partial charge is 0.251 e. The van der Waals surface area contributed by atoms with Crippen LogP contribution in [0.4, 0.5) is 0 Å². The van der Waals surface area contributed by atoms with E-state index in [1.54, 1.807) is 24.2 Å². The molecule has 0 radical (unpaired) electrons. The highest BCUT2D eigenvalue weighted by atomic mass is 32.2. The van der Waals surface area contributed by atoms with Crippen molar-refractivity contribution in [1.82, 2.24) is 15.2 Å². The summed E-state index contributed by atoms with van der Waals surface area (Å²) < 4.78 is 0. The van der Waals surface area contributed by atoms with Gasteiger partial charge in [0.25, 0.3) is 5.91 Å². The first-order valence-electron chi connectivity index (χ1n) is 9.93. The van der Waals surface area contributed by atoms with Crippen LogP contribution in [0.3, 0.4) is 0 Å². The van der Waals surface area contributed by atoms with E-state index in [0.29, 0.717) is 24.4 Å². The molecule has 3 aromatic rings. The molecule has 1 aromatic heterocycles. The Hall–Kier alpha value is -3.12. The first-order chi connectivity index (χ1) is 14.7. The Morgan fingerprint density at radius 2 is 1.73 bits per heavy atom. The summed E-state index contributed by atoms with van der Waals surface area (Å²) in [6.07, 6.45) is 4.25. The minimum absolute atomic E-state index is 0.00450. The minimum Gasteiger partial charge on any atom is -0.348 e. The fourth-order valence-corrected chi connectivity index (χ4v) is 4.67. The molecule has 30 heavy (non-hydrogen) atoms. The van der Waals surface area contributed by atoms with E-state index >= 15 is 0 Å². The SMILES string of the molecule is O=C(NCc1ccncc1)c1ccc(C2SCC(=O)N2CCc2ccccc2)cc1. The molecule has 0 saturated carbocycles. The van der Waals surface area contributed by atoms with Gasteiger partial charge in [0.2, 0.25) is 5.91 Å². The molecule has 5 nitrogen and oxygen atoms in total. The molecule has 1 saturated heterocycles. The second-order valence-electron chi connectivity index (χ2n) is 7.15. The number of carbonyl (C=O) groups excluding carboxylic acids is 2. The number of rotatable bonds is 7. The van der Waals surface area contributed by atoms with Gasteiger partial charge in [-0.2, -0.15) is 0 Å². The van der Waals surface area contributed by atoms with Gasteiger partial charge >= 0.3 is 0 Å². The molecule has 1 unspecified atom stereocenters. The van der Waals surface area contributed by atoms with Gasteiger partial charge in [-0.1, -0.05) is 42.5 Å². The van der Waals surface area contributed by atoms with E-state index in [9.17, 15) is 9.59 Å². The Balaban J connectivity index is 1.38. The van der Waals surface area contributed by atoms with Crippen LogP contribution in [-0.2, 0) is 17.8 Å². The van der Waals surface area contributed by atoms with Gasteiger partial charge in [-0.3, -0.25) is 14.6 Å². The van der Waals surface area contributed by atoms with E-state index < -0.39 is 0 Å². The zero-order chi connectivity index (χ0) is 20.8. The van der Waals surface area contributed by atoms with Crippen molar-refractivity contribution in [1.29, 1.82) is 0 Å². The van der Waals surface area contributed by atoms with E-state index in [4.69, 9.17) is 0 Å². The van der Waals surface area contributed by atoms with Crippen molar-refractivity contribution < 1.29 is 9.59 Å². The third-order valence-electron chi connectivity index (χ3n) is 5.11. The Kier molecular flexibility index (Phi) is 6.44.